The van der Waals surface area contributed by atoms with Crippen LogP contribution >= 0.6 is 12.6 Å². The van der Waals surface area contributed by atoms with Gasteiger partial charge in [0.15, 0.2) is 0 Å². The van der Waals surface area contributed by atoms with Crippen molar-refractivity contribution in [3.05, 3.63) is 0 Å². The number of imide groups is 1. The van der Waals surface area contributed by atoms with E-state index in [1.54, 1.807) is 6.92 Å². The molecule has 0 aromatic rings. The average molecular weight is 190 g/mol. The van der Waals surface area contributed by atoms with Gasteiger partial charge in [0.05, 0.1) is 6.04 Å². The van der Waals surface area contributed by atoms with E-state index in [9.17, 15) is 9.59 Å². The Morgan fingerprint density at radius 2 is 2.08 bits per heavy atom. The molecule has 4 nitrogen and oxygen atoms in total. The van der Waals surface area contributed by atoms with Crippen LogP contribution in [0.4, 0.5) is 0 Å². The Bertz CT molecular complexity index is 182. The molecular weight excluding hydrogens is 176 g/mol. The molecule has 0 bridgehead atoms. The molecular formula is C7H14N2O2S. The van der Waals surface area contributed by atoms with Crippen molar-refractivity contribution in [1.82, 2.24) is 4.90 Å². The predicted molar refractivity (Wildman–Crippen MR) is 49.9 cm³/mol. The zero-order chi connectivity index (χ0) is 9.72. The summed E-state index contributed by atoms with van der Waals surface area (Å²) in [5, 5.41) is 0. The third-order valence-electron chi connectivity index (χ3n) is 1.36. The van der Waals surface area contributed by atoms with Gasteiger partial charge in [-0.3, -0.25) is 14.5 Å². The summed E-state index contributed by atoms with van der Waals surface area (Å²) in [4.78, 5) is 23.2. The molecule has 0 aliphatic heterocycles. The van der Waals surface area contributed by atoms with Crippen molar-refractivity contribution in [3.8, 4) is 0 Å². The number of hydrogen-bond acceptors (Lipinski definition) is 4. The van der Waals surface area contributed by atoms with Gasteiger partial charge < -0.3 is 5.73 Å². The van der Waals surface area contributed by atoms with Crippen LogP contribution in [0.3, 0.4) is 0 Å². The molecule has 2 N–H and O–H groups in total. The highest BCUT2D eigenvalue weighted by molar-refractivity contribution is 7.80. The second-order valence-electron chi connectivity index (χ2n) is 2.52. The smallest absolute Gasteiger partial charge is 0.245 e. The minimum atomic E-state index is -0.631. The van der Waals surface area contributed by atoms with E-state index in [-0.39, 0.29) is 11.8 Å². The van der Waals surface area contributed by atoms with Crippen molar-refractivity contribution in [2.75, 3.05) is 12.3 Å². The van der Waals surface area contributed by atoms with Crippen LogP contribution in [0.5, 0.6) is 0 Å². The third kappa shape index (κ3) is 3.23. The van der Waals surface area contributed by atoms with Crippen molar-refractivity contribution in [3.63, 3.8) is 0 Å². The zero-order valence-electron chi connectivity index (χ0n) is 7.28. The van der Waals surface area contributed by atoms with Crippen LogP contribution in [0.2, 0.25) is 0 Å². The van der Waals surface area contributed by atoms with Crippen LogP contribution in [0, 0.1) is 0 Å². The maximum absolute atomic E-state index is 11.2. The molecule has 0 aromatic carbocycles. The Kier molecular flexibility index (Phi) is 4.92. The molecule has 0 aliphatic rings. The van der Waals surface area contributed by atoms with E-state index in [1.807, 2.05) is 0 Å². The van der Waals surface area contributed by atoms with Crippen molar-refractivity contribution < 1.29 is 9.59 Å². The van der Waals surface area contributed by atoms with Crippen molar-refractivity contribution in [2.45, 2.75) is 19.9 Å². The summed E-state index contributed by atoms with van der Waals surface area (Å²) in [6.07, 6.45) is 0. The Labute approximate surface area is 77.5 Å². The minimum Gasteiger partial charge on any atom is -0.320 e. The molecule has 0 saturated carbocycles. The molecule has 0 saturated heterocycles. The molecule has 0 rings (SSSR count). The van der Waals surface area contributed by atoms with Gasteiger partial charge in [0.1, 0.15) is 0 Å². The van der Waals surface area contributed by atoms with E-state index >= 15 is 0 Å². The standard InChI is InChI=1S/C7H14N2O2S/c1-5(8)7(11)9(3-4-12)6(2)10/h5,12H,3-4,8H2,1-2H3/t5-/m0/s1. The van der Waals surface area contributed by atoms with Crippen LogP contribution < -0.4 is 5.73 Å². The van der Waals surface area contributed by atoms with Gasteiger partial charge in [-0.1, -0.05) is 0 Å². The van der Waals surface area contributed by atoms with Gasteiger partial charge in [0, 0.05) is 19.2 Å². The molecule has 5 heteroatoms. The fourth-order valence-corrected chi connectivity index (χ4v) is 0.969. The lowest BCUT2D eigenvalue weighted by molar-refractivity contribution is -0.143. The first-order valence-corrected chi connectivity index (χ1v) is 4.32. The van der Waals surface area contributed by atoms with Crippen molar-refractivity contribution in [2.24, 2.45) is 5.73 Å². The number of thiol groups is 1. The second kappa shape index (κ2) is 5.16. The van der Waals surface area contributed by atoms with Gasteiger partial charge in [-0.05, 0) is 6.92 Å². The van der Waals surface area contributed by atoms with Crippen molar-refractivity contribution in [1.29, 1.82) is 0 Å². The van der Waals surface area contributed by atoms with Crippen molar-refractivity contribution >= 4 is 24.4 Å². The lowest BCUT2D eigenvalue weighted by Gasteiger charge is -2.19. The molecule has 0 fully saturated rings. The molecule has 0 aromatic heterocycles. The topological polar surface area (TPSA) is 63.4 Å². The second-order valence-corrected chi connectivity index (χ2v) is 2.97. The van der Waals surface area contributed by atoms with E-state index in [1.165, 1.54) is 6.92 Å². The third-order valence-corrected chi connectivity index (χ3v) is 1.56. The zero-order valence-corrected chi connectivity index (χ0v) is 8.17. The summed E-state index contributed by atoms with van der Waals surface area (Å²) in [7, 11) is 0. The molecule has 70 valence electrons. The van der Waals surface area contributed by atoms with Gasteiger partial charge in [-0.15, -0.1) is 0 Å². The van der Waals surface area contributed by atoms with Crippen LogP contribution in [0.1, 0.15) is 13.8 Å². The average Bonchev–Trinajstić information content (AvgIpc) is 1.98. The van der Waals surface area contributed by atoms with E-state index < -0.39 is 6.04 Å². The summed E-state index contributed by atoms with van der Waals surface area (Å²) in [5.41, 5.74) is 5.34. The number of nitrogens with two attached hydrogens (primary N) is 1. The monoisotopic (exact) mass is 190 g/mol. The Morgan fingerprint density at radius 1 is 1.58 bits per heavy atom. The van der Waals surface area contributed by atoms with Crippen LogP contribution in [-0.2, 0) is 9.59 Å². The first-order chi connectivity index (χ1) is 5.50. The molecule has 0 heterocycles. The summed E-state index contributed by atoms with van der Waals surface area (Å²) in [6.45, 7) is 3.21. The number of hydrogen-bond donors (Lipinski definition) is 2. The quantitative estimate of drug-likeness (QED) is 0.597. The molecule has 0 unspecified atom stereocenters. The van der Waals surface area contributed by atoms with E-state index in [4.69, 9.17) is 5.73 Å². The number of rotatable bonds is 3. The first-order valence-electron chi connectivity index (χ1n) is 3.69. The molecule has 0 aliphatic carbocycles. The maximum atomic E-state index is 11.2. The number of carbonyl (C=O) groups excluding carboxylic acids is 2. The normalized spacial score (nSPS) is 12.3. The van der Waals surface area contributed by atoms with Crippen LogP contribution in [-0.4, -0.2) is 35.1 Å². The fourth-order valence-electron chi connectivity index (χ4n) is 0.769. The fraction of sp³-hybridized carbons (Fsp3) is 0.714. The molecule has 1 atom stereocenters. The number of amides is 2. The number of carbonyl (C=O) groups is 2. The molecule has 0 radical (unpaired) electrons. The maximum Gasteiger partial charge on any atom is 0.245 e. The van der Waals surface area contributed by atoms with Gasteiger partial charge in [-0.25, -0.2) is 0 Å². The van der Waals surface area contributed by atoms with Gasteiger partial charge >= 0.3 is 0 Å². The summed E-state index contributed by atoms with van der Waals surface area (Å²) < 4.78 is 0. The highest BCUT2D eigenvalue weighted by Gasteiger charge is 2.19. The Hall–Kier alpha value is -0.550. The lowest BCUT2D eigenvalue weighted by atomic mass is 10.3. The van der Waals surface area contributed by atoms with E-state index in [0.29, 0.717) is 12.3 Å². The molecule has 2 amide bonds. The van der Waals surface area contributed by atoms with Crippen LogP contribution in [0.25, 0.3) is 0 Å². The first kappa shape index (κ1) is 11.4. The van der Waals surface area contributed by atoms with E-state index in [0.717, 1.165) is 4.90 Å². The highest BCUT2D eigenvalue weighted by atomic mass is 32.1. The largest absolute Gasteiger partial charge is 0.320 e. The summed E-state index contributed by atoms with van der Waals surface area (Å²) in [5.74, 6) is -0.180. The number of nitrogens with zero attached hydrogens (tertiary/aromatic N) is 1. The predicted octanol–water partition coefficient (Wildman–Crippen LogP) is -0.362. The summed E-state index contributed by atoms with van der Waals surface area (Å²) in [6, 6.07) is -0.631. The SMILES string of the molecule is CC(=O)N(CCS)C(=O)[C@H](C)N. The molecule has 12 heavy (non-hydrogen) atoms. The minimum absolute atomic E-state index is 0.286. The highest BCUT2D eigenvalue weighted by Crippen LogP contribution is 1.95. The van der Waals surface area contributed by atoms with Gasteiger partial charge in [0.2, 0.25) is 11.8 Å². The lowest BCUT2D eigenvalue weighted by Crippen LogP contribution is -2.45. The summed E-state index contributed by atoms with van der Waals surface area (Å²) >= 11 is 3.93. The Balaban J connectivity index is 4.30. The Morgan fingerprint density at radius 3 is 2.33 bits per heavy atom. The van der Waals surface area contributed by atoms with Crippen LogP contribution in [0.15, 0.2) is 0 Å². The van der Waals surface area contributed by atoms with Gasteiger partial charge in [0.25, 0.3) is 0 Å². The van der Waals surface area contributed by atoms with E-state index in [2.05, 4.69) is 12.6 Å². The van der Waals surface area contributed by atoms with Gasteiger partial charge in [-0.2, -0.15) is 12.6 Å². The molecule has 0 spiro atoms.